The molecule has 0 aliphatic carbocycles. The third-order valence-electron chi connectivity index (χ3n) is 3.37. The monoisotopic (exact) mass is 335 g/mol. The van der Waals surface area contributed by atoms with Gasteiger partial charge in [-0.05, 0) is 25.3 Å². The van der Waals surface area contributed by atoms with Crippen LogP contribution in [0.4, 0.5) is 5.00 Å². The van der Waals surface area contributed by atoms with Gasteiger partial charge in [-0.25, -0.2) is 4.98 Å². The smallest absolute Gasteiger partial charge is 0.233 e. The van der Waals surface area contributed by atoms with E-state index in [2.05, 4.69) is 9.97 Å². The van der Waals surface area contributed by atoms with Crippen molar-refractivity contribution < 1.29 is 4.79 Å². The Morgan fingerprint density at radius 2 is 2.18 bits per heavy atom. The topological polar surface area (TPSA) is 46.1 Å². The highest BCUT2D eigenvalue weighted by Crippen LogP contribution is 2.35. The molecule has 2 rings (SSSR count). The minimum absolute atomic E-state index is 0.117. The maximum atomic E-state index is 12.7. The lowest BCUT2D eigenvalue weighted by Crippen LogP contribution is -2.40. The Hall–Kier alpha value is -1.40. The number of amides is 1. The molecule has 1 amide bonds. The first-order chi connectivity index (χ1) is 10.4. The van der Waals surface area contributed by atoms with Gasteiger partial charge in [0.25, 0.3) is 0 Å². The summed E-state index contributed by atoms with van der Waals surface area (Å²) in [5, 5.41) is 1.79. The summed E-state index contributed by atoms with van der Waals surface area (Å²) in [7, 11) is 1.83. The van der Waals surface area contributed by atoms with Crippen molar-refractivity contribution in [1.82, 2.24) is 9.97 Å². The summed E-state index contributed by atoms with van der Waals surface area (Å²) in [6, 6.07) is 3.87. The first-order valence-corrected chi connectivity index (χ1v) is 9.23. The van der Waals surface area contributed by atoms with Crippen molar-refractivity contribution in [3.05, 3.63) is 30.2 Å². The largest absolute Gasteiger partial charge is 0.305 e. The second-order valence-corrected chi connectivity index (χ2v) is 7.68. The van der Waals surface area contributed by atoms with E-state index in [1.165, 1.54) is 11.3 Å². The first-order valence-electron chi connectivity index (χ1n) is 7.01. The Bertz CT molecular complexity index is 653. The number of carbonyl (C=O) groups is 1. The zero-order valence-electron chi connectivity index (χ0n) is 13.6. The molecule has 0 atom stereocenters. The highest BCUT2D eigenvalue weighted by Gasteiger charge is 2.32. The molecule has 118 valence electrons. The minimum Gasteiger partial charge on any atom is -0.305 e. The van der Waals surface area contributed by atoms with Gasteiger partial charge in [0.2, 0.25) is 5.91 Å². The molecule has 0 N–H and O–H groups in total. The second-order valence-electron chi connectivity index (χ2n) is 5.83. The molecule has 0 aliphatic rings. The van der Waals surface area contributed by atoms with Crippen LogP contribution in [0.2, 0.25) is 0 Å². The van der Waals surface area contributed by atoms with Gasteiger partial charge >= 0.3 is 0 Å². The molecular weight excluding hydrogens is 314 g/mol. The molecule has 4 nitrogen and oxygen atoms in total. The van der Waals surface area contributed by atoms with Crippen LogP contribution < -0.4 is 4.90 Å². The Morgan fingerprint density at radius 3 is 2.77 bits per heavy atom. The van der Waals surface area contributed by atoms with Crippen LogP contribution in [0.3, 0.4) is 0 Å². The summed E-state index contributed by atoms with van der Waals surface area (Å²) in [6.07, 6.45) is 5.56. The van der Waals surface area contributed by atoms with Crippen LogP contribution in [0.15, 0.2) is 24.5 Å². The highest BCUT2D eigenvalue weighted by molar-refractivity contribution is 7.98. The molecule has 2 aromatic heterocycles. The molecule has 0 bridgehead atoms. The summed E-state index contributed by atoms with van der Waals surface area (Å²) in [4.78, 5) is 23.2. The quantitative estimate of drug-likeness (QED) is 0.832. The van der Waals surface area contributed by atoms with Crippen LogP contribution in [0, 0.1) is 12.3 Å². The van der Waals surface area contributed by atoms with E-state index < -0.39 is 0 Å². The van der Waals surface area contributed by atoms with E-state index in [0.717, 1.165) is 27.0 Å². The van der Waals surface area contributed by atoms with Crippen molar-refractivity contribution >= 4 is 34.0 Å². The number of rotatable bonds is 5. The molecule has 0 saturated heterocycles. The molecule has 0 fully saturated rings. The summed E-state index contributed by atoms with van der Waals surface area (Å²) in [6.45, 7) is 5.92. The van der Waals surface area contributed by atoms with E-state index in [1.54, 1.807) is 29.1 Å². The third-order valence-corrected chi connectivity index (χ3v) is 5.67. The molecule has 0 aliphatic heterocycles. The van der Waals surface area contributed by atoms with E-state index in [-0.39, 0.29) is 11.3 Å². The van der Waals surface area contributed by atoms with Gasteiger partial charge in [0, 0.05) is 30.8 Å². The van der Waals surface area contributed by atoms with Gasteiger partial charge in [0.15, 0.2) is 0 Å². The molecule has 0 saturated carbocycles. The molecule has 0 spiro atoms. The van der Waals surface area contributed by atoms with Crippen LogP contribution in [-0.4, -0.2) is 34.9 Å². The Balaban J connectivity index is 2.30. The van der Waals surface area contributed by atoms with Crippen molar-refractivity contribution in [3.63, 3.8) is 0 Å². The average molecular weight is 335 g/mol. The van der Waals surface area contributed by atoms with Crippen LogP contribution in [-0.2, 0) is 4.79 Å². The summed E-state index contributed by atoms with van der Waals surface area (Å²) >= 11 is 3.22. The molecule has 0 radical (unpaired) electrons. The van der Waals surface area contributed by atoms with Gasteiger partial charge in [-0.1, -0.05) is 25.2 Å². The fourth-order valence-electron chi connectivity index (χ4n) is 2.28. The number of hydrogen-bond acceptors (Lipinski definition) is 5. The fraction of sp³-hybridized carbons (Fsp3) is 0.438. The maximum Gasteiger partial charge on any atom is 0.233 e. The number of hydrogen-bond donors (Lipinski definition) is 0. The highest BCUT2D eigenvalue weighted by atomic mass is 32.2. The lowest BCUT2D eigenvalue weighted by atomic mass is 9.94. The normalized spacial score (nSPS) is 11.5. The van der Waals surface area contributed by atoms with Crippen molar-refractivity contribution in [2.24, 2.45) is 5.41 Å². The zero-order valence-corrected chi connectivity index (χ0v) is 15.2. The van der Waals surface area contributed by atoms with Crippen LogP contribution in [0.1, 0.15) is 19.5 Å². The van der Waals surface area contributed by atoms with Crippen LogP contribution in [0.5, 0.6) is 0 Å². The number of thiazole rings is 1. The summed E-state index contributed by atoms with van der Waals surface area (Å²) < 4.78 is 0. The molecule has 2 heterocycles. The van der Waals surface area contributed by atoms with Gasteiger partial charge in [0.05, 0.1) is 11.1 Å². The molecule has 6 heteroatoms. The number of carbonyl (C=O) groups excluding carboxylic acids is 1. The van der Waals surface area contributed by atoms with E-state index >= 15 is 0 Å². The fourth-order valence-corrected chi connectivity index (χ4v) is 4.14. The van der Waals surface area contributed by atoms with Gasteiger partial charge in [0.1, 0.15) is 10.0 Å². The van der Waals surface area contributed by atoms with Gasteiger partial charge in [-0.2, -0.15) is 11.8 Å². The lowest BCUT2D eigenvalue weighted by molar-refractivity contribution is -0.125. The van der Waals surface area contributed by atoms with Crippen molar-refractivity contribution in [1.29, 1.82) is 0 Å². The first kappa shape index (κ1) is 17.0. The van der Waals surface area contributed by atoms with E-state index in [1.807, 2.05) is 46.2 Å². The van der Waals surface area contributed by atoms with Crippen molar-refractivity contribution in [2.45, 2.75) is 20.8 Å². The van der Waals surface area contributed by atoms with Crippen LogP contribution in [0.25, 0.3) is 10.6 Å². The van der Waals surface area contributed by atoms with E-state index in [4.69, 9.17) is 0 Å². The maximum absolute atomic E-state index is 12.7. The number of anilines is 1. The van der Waals surface area contributed by atoms with Gasteiger partial charge < -0.3 is 4.90 Å². The average Bonchev–Trinajstić information content (AvgIpc) is 2.88. The van der Waals surface area contributed by atoms with Crippen LogP contribution >= 0.6 is 23.1 Å². The Kier molecular flexibility index (Phi) is 5.24. The van der Waals surface area contributed by atoms with Gasteiger partial charge in [-0.15, -0.1) is 0 Å². The number of nitrogens with zero attached hydrogens (tertiary/aromatic N) is 3. The molecule has 22 heavy (non-hydrogen) atoms. The summed E-state index contributed by atoms with van der Waals surface area (Å²) in [5.74, 6) is 0.912. The molecule has 0 unspecified atom stereocenters. The predicted molar refractivity (Wildman–Crippen MR) is 95.7 cm³/mol. The molecule has 2 aromatic rings. The second kappa shape index (κ2) is 6.79. The lowest BCUT2D eigenvalue weighted by Gasteiger charge is -2.28. The zero-order chi connectivity index (χ0) is 16.3. The number of thioether (sulfide) groups is 1. The number of aromatic nitrogens is 2. The molecule has 0 aromatic carbocycles. The van der Waals surface area contributed by atoms with Crippen molar-refractivity contribution in [3.8, 4) is 10.6 Å². The SMILES string of the molecule is CSCC(C)(C)C(=O)N(C)c1sc(-c2cccnc2)nc1C. The Morgan fingerprint density at radius 1 is 1.45 bits per heavy atom. The predicted octanol–water partition coefficient (Wildman–Crippen LogP) is 3.87. The number of aryl methyl sites for hydroxylation is 1. The Labute approximate surface area is 140 Å². The standard InChI is InChI=1S/C16H21N3OS2/c1-11-14(19(4)15(20)16(2,3)10-21-5)22-13(18-11)12-7-6-8-17-9-12/h6-9H,10H2,1-5H3. The summed E-state index contributed by atoms with van der Waals surface area (Å²) in [5.41, 5.74) is 1.46. The van der Waals surface area contributed by atoms with Crippen molar-refractivity contribution in [2.75, 3.05) is 24.0 Å². The van der Waals surface area contributed by atoms with E-state index in [9.17, 15) is 4.79 Å². The minimum atomic E-state index is -0.390. The van der Waals surface area contributed by atoms with E-state index in [0.29, 0.717) is 0 Å². The third kappa shape index (κ3) is 3.50. The van der Waals surface area contributed by atoms with Gasteiger partial charge in [-0.3, -0.25) is 9.78 Å². The number of pyridine rings is 1. The molecular formula is C16H21N3OS2.